The van der Waals surface area contributed by atoms with Crippen LogP contribution in [0.25, 0.3) is 11.3 Å². The Bertz CT molecular complexity index is 1130. The van der Waals surface area contributed by atoms with Gasteiger partial charge in [-0.25, -0.2) is 18.2 Å². The van der Waals surface area contributed by atoms with Crippen LogP contribution in [0.2, 0.25) is 0 Å². The van der Waals surface area contributed by atoms with Crippen molar-refractivity contribution >= 4 is 17.3 Å². The summed E-state index contributed by atoms with van der Waals surface area (Å²) in [6, 6.07) is 5.49. The van der Waals surface area contributed by atoms with Crippen LogP contribution in [0.1, 0.15) is 23.3 Å². The fourth-order valence-electron chi connectivity index (χ4n) is 3.44. The van der Waals surface area contributed by atoms with Crippen molar-refractivity contribution in [2.45, 2.75) is 18.9 Å². The van der Waals surface area contributed by atoms with Gasteiger partial charge in [-0.2, -0.15) is 0 Å². The summed E-state index contributed by atoms with van der Waals surface area (Å²) >= 11 is 0. The normalized spacial score (nSPS) is 14.2. The van der Waals surface area contributed by atoms with Crippen molar-refractivity contribution in [3.8, 4) is 17.0 Å². The number of benzene rings is 1. The van der Waals surface area contributed by atoms with Crippen LogP contribution in [0.5, 0.6) is 5.75 Å². The fraction of sp³-hybridized carbons (Fsp3) is 0.227. The predicted molar refractivity (Wildman–Crippen MR) is 113 cm³/mol. The monoisotopic (exact) mass is 443 g/mol. The summed E-state index contributed by atoms with van der Waals surface area (Å²) < 4.78 is 48.8. The highest BCUT2D eigenvalue weighted by Gasteiger charge is 2.23. The molecule has 1 aliphatic heterocycles. The molecule has 1 aliphatic rings. The molecule has 10 heteroatoms. The highest BCUT2D eigenvalue weighted by atomic mass is 19.1. The SMILES string of the molecule is Nc1cc(F)c(-c2c(F)cccc2F)nc1C(=O)Nc1cnccc1OC1CCNCC1. The van der Waals surface area contributed by atoms with E-state index in [0.717, 1.165) is 50.2 Å². The number of halogens is 3. The highest BCUT2D eigenvalue weighted by molar-refractivity contribution is 6.07. The van der Waals surface area contributed by atoms with Crippen LogP contribution in [0.4, 0.5) is 24.5 Å². The average Bonchev–Trinajstić information content (AvgIpc) is 2.77. The first-order chi connectivity index (χ1) is 15.4. The van der Waals surface area contributed by atoms with E-state index in [9.17, 15) is 18.0 Å². The molecule has 1 fully saturated rings. The molecule has 3 aromatic rings. The number of anilines is 2. The lowest BCUT2D eigenvalue weighted by Gasteiger charge is -2.24. The third kappa shape index (κ3) is 4.50. The Morgan fingerprint density at radius 2 is 1.84 bits per heavy atom. The molecule has 0 unspecified atom stereocenters. The maximum atomic E-state index is 14.4. The Morgan fingerprint density at radius 1 is 1.12 bits per heavy atom. The molecule has 7 nitrogen and oxygen atoms in total. The van der Waals surface area contributed by atoms with Gasteiger partial charge in [-0.05, 0) is 38.1 Å². The van der Waals surface area contributed by atoms with Crippen LogP contribution < -0.4 is 21.1 Å². The number of piperidine rings is 1. The van der Waals surface area contributed by atoms with Gasteiger partial charge in [0.15, 0.2) is 11.5 Å². The molecule has 0 spiro atoms. The van der Waals surface area contributed by atoms with Gasteiger partial charge in [-0.1, -0.05) is 6.07 Å². The predicted octanol–water partition coefficient (Wildman–Crippen LogP) is 3.53. The molecule has 1 aromatic carbocycles. The molecule has 4 rings (SSSR count). The molecule has 166 valence electrons. The lowest BCUT2D eigenvalue weighted by molar-refractivity contribution is 0.102. The summed E-state index contributed by atoms with van der Waals surface area (Å²) in [5.74, 6) is -3.49. The van der Waals surface area contributed by atoms with Crippen LogP contribution in [-0.4, -0.2) is 35.1 Å². The van der Waals surface area contributed by atoms with Gasteiger partial charge in [0.2, 0.25) is 0 Å². The Hall–Kier alpha value is -3.66. The maximum absolute atomic E-state index is 14.4. The number of hydrogen-bond acceptors (Lipinski definition) is 6. The number of nitrogens with two attached hydrogens (primary N) is 1. The minimum Gasteiger partial charge on any atom is -0.488 e. The molecule has 4 N–H and O–H groups in total. The molecular formula is C22H20F3N5O2. The Kier molecular flexibility index (Phi) is 6.22. The Morgan fingerprint density at radius 3 is 2.56 bits per heavy atom. The van der Waals surface area contributed by atoms with Gasteiger partial charge in [0.25, 0.3) is 5.91 Å². The van der Waals surface area contributed by atoms with Gasteiger partial charge in [0.1, 0.15) is 34.9 Å². The number of pyridine rings is 2. The molecule has 0 radical (unpaired) electrons. The van der Waals surface area contributed by atoms with Crippen LogP contribution in [0.15, 0.2) is 42.7 Å². The van der Waals surface area contributed by atoms with E-state index in [-0.39, 0.29) is 23.2 Å². The Balaban J connectivity index is 1.63. The minimum atomic E-state index is -1.06. The van der Waals surface area contributed by atoms with Crippen LogP contribution in [0.3, 0.4) is 0 Å². The number of nitrogens with one attached hydrogen (secondary N) is 2. The number of nitrogen functional groups attached to an aromatic ring is 1. The molecule has 1 saturated heterocycles. The van der Waals surface area contributed by atoms with Crippen molar-refractivity contribution in [2.24, 2.45) is 0 Å². The first-order valence-corrected chi connectivity index (χ1v) is 9.97. The summed E-state index contributed by atoms with van der Waals surface area (Å²) in [4.78, 5) is 20.7. The number of aromatic nitrogens is 2. The zero-order valence-corrected chi connectivity index (χ0v) is 16.9. The summed E-state index contributed by atoms with van der Waals surface area (Å²) in [5.41, 5.74) is 4.03. The zero-order valence-electron chi connectivity index (χ0n) is 16.9. The Labute approximate surface area is 181 Å². The summed E-state index contributed by atoms with van der Waals surface area (Å²) in [6.45, 7) is 1.64. The van der Waals surface area contributed by atoms with E-state index < -0.39 is 34.6 Å². The van der Waals surface area contributed by atoms with Crippen molar-refractivity contribution in [1.82, 2.24) is 15.3 Å². The molecule has 3 heterocycles. The number of hydrogen-bond donors (Lipinski definition) is 3. The average molecular weight is 443 g/mol. The second kappa shape index (κ2) is 9.23. The van der Waals surface area contributed by atoms with Crippen molar-refractivity contribution in [3.05, 3.63) is 65.9 Å². The maximum Gasteiger partial charge on any atom is 0.276 e. The number of carbonyl (C=O) groups is 1. The van der Waals surface area contributed by atoms with E-state index in [1.54, 1.807) is 6.07 Å². The second-order valence-electron chi connectivity index (χ2n) is 7.25. The van der Waals surface area contributed by atoms with Gasteiger partial charge in [0, 0.05) is 18.3 Å². The number of rotatable bonds is 5. The largest absolute Gasteiger partial charge is 0.488 e. The third-order valence-electron chi connectivity index (χ3n) is 5.03. The van der Waals surface area contributed by atoms with Crippen LogP contribution in [-0.2, 0) is 0 Å². The van der Waals surface area contributed by atoms with E-state index >= 15 is 0 Å². The summed E-state index contributed by atoms with van der Waals surface area (Å²) in [7, 11) is 0. The van der Waals surface area contributed by atoms with Gasteiger partial charge in [-0.3, -0.25) is 9.78 Å². The molecule has 0 atom stereocenters. The molecule has 0 bridgehead atoms. The van der Waals surface area contributed by atoms with Gasteiger partial charge in [-0.15, -0.1) is 0 Å². The smallest absolute Gasteiger partial charge is 0.276 e. The first kappa shape index (κ1) is 21.6. The lowest BCUT2D eigenvalue weighted by atomic mass is 10.1. The topological polar surface area (TPSA) is 102 Å². The van der Waals surface area contributed by atoms with E-state index in [0.29, 0.717) is 5.75 Å². The second-order valence-corrected chi connectivity index (χ2v) is 7.25. The highest BCUT2D eigenvalue weighted by Crippen LogP contribution is 2.30. The summed E-state index contributed by atoms with van der Waals surface area (Å²) in [6.07, 6.45) is 4.50. The van der Waals surface area contributed by atoms with Crippen molar-refractivity contribution in [1.29, 1.82) is 0 Å². The number of nitrogens with zero attached hydrogens (tertiary/aromatic N) is 2. The van der Waals surface area contributed by atoms with Crippen molar-refractivity contribution in [3.63, 3.8) is 0 Å². The van der Waals surface area contributed by atoms with Gasteiger partial charge >= 0.3 is 0 Å². The van der Waals surface area contributed by atoms with Crippen LogP contribution in [0, 0.1) is 17.5 Å². The van der Waals surface area contributed by atoms with Gasteiger partial charge in [0.05, 0.1) is 17.4 Å². The summed E-state index contributed by atoms with van der Waals surface area (Å²) in [5, 5.41) is 5.83. The molecule has 0 saturated carbocycles. The van der Waals surface area contributed by atoms with Crippen LogP contribution >= 0.6 is 0 Å². The van der Waals surface area contributed by atoms with Crippen molar-refractivity contribution < 1.29 is 22.7 Å². The minimum absolute atomic E-state index is 0.0287. The number of carbonyl (C=O) groups excluding carboxylic acids is 1. The van der Waals surface area contributed by atoms with E-state index in [4.69, 9.17) is 10.5 Å². The van der Waals surface area contributed by atoms with E-state index in [1.165, 1.54) is 12.4 Å². The van der Waals surface area contributed by atoms with Crippen molar-refractivity contribution in [2.75, 3.05) is 24.1 Å². The third-order valence-corrected chi connectivity index (χ3v) is 5.03. The number of ether oxygens (including phenoxy) is 1. The molecule has 32 heavy (non-hydrogen) atoms. The molecular weight excluding hydrogens is 423 g/mol. The molecule has 0 aliphatic carbocycles. The van der Waals surface area contributed by atoms with E-state index in [2.05, 4.69) is 20.6 Å². The lowest BCUT2D eigenvalue weighted by Crippen LogP contribution is -2.34. The zero-order chi connectivity index (χ0) is 22.7. The molecule has 2 aromatic heterocycles. The standard InChI is InChI=1S/C22H20F3N5O2/c23-13-2-1-3-14(24)19(13)20-15(25)10-16(26)21(30-20)22(31)29-17-11-28-9-6-18(17)32-12-4-7-27-8-5-12/h1-3,6,9-12,27H,4-5,7-8,26H2,(H,29,31). The molecule has 1 amide bonds. The first-order valence-electron chi connectivity index (χ1n) is 9.97. The van der Waals surface area contributed by atoms with E-state index in [1.807, 2.05) is 0 Å². The van der Waals surface area contributed by atoms with Gasteiger partial charge < -0.3 is 21.1 Å². The number of amides is 1. The quantitative estimate of drug-likeness (QED) is 0.558. The fourth-order valence-corrected chi connectivity index (χ4v) is 3.44.